The molecule has 1 aliphatic rings. The van der Waals surface area contributed by atoms with Gasteiger partial charge in [-0.2, -0.15) is 0 Å². The molecule has 0 saturated carbocycles. The molecule has 1 fully saturated rings. The van der Waals surface area contributed by atoms with Crippen LogP contribution in [0.4, 0.5) is 0 Å². The molecular weight excluding hydrogens is 224 g/mol. The standard InChI is InChI=1S/C15H24N2O/c1-3-4-12-5-7-13(8-6-12)14(17-2)15(9-16)10-18-11-15/h5-8,14,17H,3-4,9-11,16H2,1-2H3. The Labute approximate surface area is 110 Å². The molecule has 0 spiro atoms. The molecule has 1 saturated heterocycles. The van der Waals surface area contributed by atoms with E-state index in [2.05, 4.69) is 36.5 Å². The van der Waals surface area contributed by atoms with Gasteiger partial charge < -0.3 is 15.8 Å². The molecule has 3 N–H and O–H groups in total. The third-order valence-corrected chi connectivity index (χ3v) is 3.94. The highest BCUT2D eigenvalue weighted by molar-refractivity contribution is 5.27. The second kappa shape index (κ2) is 5.83. The van der Waals surface area contributed by atoms with Gasteiger partial charge in [-0.3, -0.25) is 0 Å². The Balaban J connectivity index is 2.17. The molecule has 18 heavy (non-hydrogen) atoms. The summed E-state index contributed by atoms with van der Waals surface area (Å²) in [4.78, 5) is 0. The van der Waals surface area contributed by atoms with Crippen molar-refractivity contribution < 1.29 is 4.74 Å². The highest BCUT2D eigenvalue weighted by atomic mass is 16.5. The topological polar surface area (TPSA) is 47.3 Å². The Morgan fingerprint density at radius 3 is 2.39 bits per heavy atom. The van der Waals surface area contributed by atoms with E-state index < -0.39 is 0 Å². The van der Waals surface area contributed by atoms with E-state index in [1.807, 2.05) is 7.05 Å². The van der Waals surface area contributed by atoms with E-state index >= 15 is 0 Å². The minimum atomic E-state index is 0.0705. The van der Waals surface area contributed by atoms with Crippen molar-refractivity contribution in [1.82, 2.24) is 5.32 Å². The van der Waals surface area contributed by atoms with Gasteiger partial charge in [-0.05, 0) is 24.6 Å². The quantitative estimate of drug-likeness (QED) is 0.808. The van der Waals surface area contributed by atoms with Gasteiger partial charge >= 0.3 is 0 Å². The van der Waals surface area contributed by atoms with Crippen LogP contribution in [-0.2, 0) is 11.2 Å². The predicted molar refractivity (Wildman–Crippen MR) is 74.5 cm³/mol. The van der Waals surface area contributed by atoms with E-state index in [1.165, 1.54) is 17.5 Å². The van der Waals surface area contributed by atoms with E-state index in [4.69, 9.17) is 10.5 Å². The summed E-state index contributed by atoms with van der Waals surface area (Å²) in [7, 11) is 2.00. The van der Waals surface area contributed by atoms with Crippen molar-refractivity contribution in [1.29, 1.82) is 0 Å². The molecule has 3 nitrogen and oxygen atoms in total. The summed E-state index contributed by atoms with van der Waals surface area (Å²) in [6.45, 7) is 4.38. The van der Waals surface area contributed by atoms with Crippen LogP contribution in [0.1, 0.15) is 30.5 Å². The van der Waals surface area contributed by atoms with Crippen LogP contribution in [0.5, 0.6) is 0 Å². The molecule has 2 rings (SSSR count). The Morgan fingerprint density at radius 1 is 1.33 bits per heavy atom. The van der Waals surface area contributed by atoms with Gasteiger partial charge in [-0.25, -0.2) is 0 Å². The van der Waals surface area contributed by atoms with Gasteiger partial charge in [0.25, 0.3) is 0 Å². The SMILES string of the molecule is CCCc1ccc(C(NC)C2(CN)COC2)cc1. The van der Waals surface area contributed by atoms with Gasteiger partial charge in [0.05, 0.1) is 13.2 Å². The predicted octanol–water partition coefficient (Wildman–Crippen LogP) is 1.87. The zero-order valence-electron chi connectivity index (χ0n) is 11.4. The molecule has 0 aliphatic carbocycles. The third-order valence-electron chi connectivity index (χ3n) is 3.94. The number of nitrogens with two attached hydrogens (primary N) is 1. The second-order valence-electron chi connectivity index (χ2n) is 5.27. The number of hydrogen-bond acceptors (Lipinski definition) is 3. The first-order valence-electron chi connectivity index (χ1n) is 6.79. The molecule has 0 bridgehead atoms. The first-order valence-corrected chi connectivity index (χ1v) is 6.79. The second-order valence-corrected chi connectivity index (χ2v) is 5.27. The van der Waals surface area contributed by atoms with Crippen molar-refractivity contribution in [2.75, 3.05) is 26.8 Å². The van der Waals surface area contributed by atoms with Crippen molar-refractivity contribution in [3.05, 3.63) is 35.4 Å². The summed E-state index contributed by atoms with van der Waals surface area (Å²) in [6, 6.07) is 9.19. The molecule has 1 heterocycles. The zero-order valence-corrected chi connectivity index (χ0v) is 11.4. The lowest BCUT2D eigenvalue weighted by atomic mass is 9.75. The molecule has 0 radical (unpaired) electrons. The Bertz CT molecular complexity index is 365. The monoisotopic (exact) mass is 248 g/mol. The zero-order chi connectivity index (χ0) is 13.0. The molecule has 1 atom stereocenters. The average Bonchev–Trinajstić information content (AvgIpc) is 2.35. The number of ether oxygens (including phenoxy) is 1. The summed E-state index contributed by atoms with van der Waals surface area (Å²) in [5.41, 5.74) is 8.73. The fourth-order valence-electron chi connectivity index (χ4n) is 2.76. The van der Waals surface area contributed by atoms with Gasteiger partial charge in [0.1, 0.15) is 0 Å². The van der Waals surface area contributed by atoms with Crippen molar-refractivity contribution in [3.63, 3.8) is 0 Å². The Hall–Kier alpha value is -0.900. The summed E-state index contributed by atoms with van der Waals surface area (Å²) in [6.07, 6.45) is 2.34. The first kappa shape index (κ1) is 13.5. The lowest BCUT2D eigenvalue weighted by Gasteiger charge is -2.46. The summed E-state index contributed by atoms with van der Waals surface area (Å²) < 4.78 is 5.38. The molecule has 1 aromatic rings. The van der Waals surface area contributed by atoms with Crippen LogP contribution >= 0.6 is 0 Å². The minimum absolute atomic E-state index is 0.0705. The smallest absolute Gasteiger partial charge is 0.0575 e. The highest BCUT2D eigenvalue weighted by Crippen LogP contribution is 2.39. The number of rotatable bonds is 6. The molecule has 3 heteroatoms. The van der Waals surface area contributed by atoms with Gasteiger partial charge in [-0.15, -0.1) is 0 Å². The number of benzene rings is 1. The third kappa shape index (κ3) is 2.44. The van der Waals surface area contributed by atoms with Crippen LogP contribution in [0.25, 0.3) is 0 Å². The van der Waals surface area contributed by atoms with Crippen LogP contribution in [-0.4, -0.2) is 26.8 Å². The fraction of sp³-hybridized carbons (Fsp3) is 0.600. The number of aryl methyl sites for hydroxylation is 1. The fourth-order valence-corrected chi connectivity index (χ4v) is 2.76. The summed E-state index contributed by atoms with van der Waals surface area (Å²) in [5.74, 6) is 0. The number of nitrogens with one attached hydrogen (secondary N) is 1. The lowest BCUT2D eigenvalue weighted by Crippen LogP contribution is -2.55. The average molecular weight is 248 g/mol. The first-order chi connectivity index (χ1) is 8.75. The molecule has 0 amide bonds. The molecule has 100 valence electrons. The maximum atomic E-state index is 5.94. The maximum Gasteiger partial charge on any atom is 0.0575 e. The highest BCUT2D eigenvalue weighted by Gasteiger charge is 2.44. The summed E-state index contributed by atoms with van der Waals surface area (Å²) >= 11 is 0. The van der Waals surface area contributed by atoms with Gasteiger partial charge in [0.15, 0.2) is 0 Å². The van der Waals surface area contributed by atoms with Crippen LogP contribution < -0.4 is 11.1 Å². The molecule has 1 aromatic carbocycles. The van der Waals surface area contributed by atoms with E-state index in [0.29, 0.717) is 6.54 Å². The largest absolute Gasteiger partial charge is 0.380 e. The van der Waals surface area contributed by atoms with Crippen molar-refractivity contribution in [2.45, 2.75) is 25.8 Å². The van der Waals surface area contributed by atoms with E-state index in [9.17, 15) is 0 Å². The normalized spacial score (nSPS) is 19.3. The van der Waals surface area contributed by atoms with E-state index in [1.54, 1.807) is 0 Å². The minimum Gasteiger partial charge on any atom is -0.380 e. The van der Waals surface area contributed by atoms with Crippen LogP contribution in [0.3, 0.4) is 0 Å². The van der Waals surface area contributed by atoms with Gasteiger partial charge in [0.2, 0.25) is 0 Å². The molecule has 1 unspecified atom stereocenters. The maximum absolute atomic E-state index is 5.94. The Morgan fingerprint density at radius 2 is 2.00 bits per heavy atom. The molecule has 0 aromatic heterocycles. The van der Waals surface area contributed by atoms with Crippen LogP contribution in [0, 0.1) is 5.41 Å². The van der Waals surface area contributed by atoms with Crippen molar-refractivity contribution in [2.24, 2.45) is 11.1 Å². The molecular formula is C15H24N2O. The van der Waals surface area contributed by atoms with Crippen LogP contribution in [0.2, 0.25) is 0 Å². The Kier molecular flexibility index (Phi) is 4.38. The van der Waals surface area contributed by atoms with Gasteiger partial charge in [-0.1, -0.05) is 37.6 Å². The summed E-state index contributed by atoms with van der Waals surface area (Å²) in [5, 5.41) is 3.40. The lowest BCUT2D eigenvalue weighted by molar-refractivity contribution is -0.126. The van der Waals surface area contributed by atoms with Crippen molar-refractivity contribution in [3.8, 4) is 0 Å². The van der Waals surface area contributed by atoms with E-state index in [-0.39, 0.29) is 11.5 Å². The van der Waals surface area contributed by atoms with Gasteiger partial charge in [0, 0.05) is 18.0 Å². The van der Waals surface area contributed by atoms with E-state index in [0.717, 1.165) is 19.6 Å². The van der Waals surface area contributed by atoms with Crippen LogP contribution in [0.15, 0.2) is 24.3 Å². The molecule has 1 aliphatic heterocycles. The van der Waals surface area contributed by atoms with Crippen molar-refractivity contribution >= 4 is 0 Å². The number of hydrogen-bond donors (Lipinski definition) is 2.